The van der Waals surface area contributed by atoms with Gasteiger partial charge in [0.25, 0.3) is 0 Å². The predicted molar refractivity (Wildman–Crippen MR) is 74.1 cm³/mol. The number of rotatable bonds is 4. The first-order chi connectivity index (χ1) is 9.31. The Morgan fingerprint density at radius 2 is 2.16 bits per heavy atom. The van der Waals surface area contributed by atoms with Crippen molar-refractivity contribution in [3.05, 3.63) is 30.1 Å². The summed E-state index contributed by atoms with van der Waals surface area (Å²) in [6.07, 6.45) is 2.18. The molecule has 0 radical (unpaired) electrons. The molecule has 1 aromatic carbocycles. The van der Waals surface area contributed by atoms with Crippen LogP contribution in [0.1, 0.15) is 5.56 Å². The summed E-state index contributed by atoms with van der Waals surface area (Å²) in [4.78, 5) is 21.5. The molecule has 0 aliphatic carbocycles. The van der Waals surface area contributed by atoms with E-state index in [2.05, 4.69) is 20.2 Å². The van der Waals surface area contributed by atoms with Crippen molar-refractivity contribution >= 4 is 16.8 Å². The van der Waals surface area contributed by atoms with Gasteiger partial charge in [0.2, 0.25) is 0 Å². The highest BCUT2D eigenvalue weighted by molar-refractivity contribution is 5.84. The van der Waals surface area contributed by atoms with Crippen molar-refractivity contribution in [3.8, 4) is 0 Å². The van der Waals surface area contributed by atoms with Gasteiger partial charge in [0.15, 0.2) is 5.78 Å². The van der Waals surface area contributed by atoms with Gasteiger partial charge in [0.05, 0.1) is 23.9 Å². The van der Waals surface area contributed by atoms with Gasteiger partial charge >= 0.3 is 0 Å². The number of fused-ring (bicyclic) bond motifs is 1. The van der Waals surface area contributed by atoms with Gasteiger partial charge in [-0.05, 0) is 17.7 Å². The fourth-order valence-corrected chi connectivity index (χ4v) is 2.49. The minimum atomic E-state index is 0.278. The molecular weight excluding hydrogens is 240 g/mol. The largest absolute Gasteiger partial charge is 0.345 e. The van der Waals surface area contributed by atoms with Crippen LogP contribution in [0, 0.1) is 0 Å². The Morgan fingerprint density at radius 1 is 1.32 bits per heavy atom. The zero-order valence-corrected chi connectivity index (χ0v) is 10.9. The third-order valence-corrected chi connectivity index (χ3v) is 3.50. The maximum Gasteiger partial charge on any atom is 0.151 e. The minimum absolute atomic E-state index is 0.278. The molecular formula is C14H18N4O. The van der Waals surface area contributed by atoms with Gasteiger partial charge in [0, 0.05) is 32.6 Å². The van der Waals surface area contributed by atoms with E-state index in [4.69, 9.17) is 0 Å². The Labute approximate surface area is 112 Å². The van der Waals surface area contributed by atoms with E-state index in [0.29, 0.717) is 13.0 Å². The zero-order chi connectivity index (χ0) is 13.1. The highest BCUT2D eigenvalue weighted by atomic mass is 16.1. The first-order valence-electron chi connectivity index (χ1n) is 6.68. The smallest absolute Gasteiger partial charge is 0.151 e. The van der Waals surface area contributed by atoms with E-state index in [-0.39, 0.29) is 5.78 Å². The molecule has 19 heavy (non-hydrogen) atoms. The van der Waals surface area contributed by atoms with E-state index in [1.165, 1.54) is 0 Å². The number of hydrogen-bond donors (Lipinski definition) is 2. The second kappa shape index (κ2) is 5.50. The number of ketones is 1. The lowest BCUT2D eigenvalue weighted by atomic mass is 10.1. The summed E-state index contributed by atoms with van der Waals surface area (Å²) in [5, 5.41) is 3.29. The average Bonchev–Trinajstić information content (AvgIpc) is 2.87. The van der Waals surface area contributed by atoms with Gasteiger partial charge in [-0.25, -0.2) is 4.98 Å². The number of imidazole rings is 1. The Kier molecular flexibility index (Phi) is 3.57. The van der Waals surface area contributed by atoms with Crippen LogP contribution >= 0.6 is 0 Å². The molecule has 0 spiro atoms. The summed E-state index contributed by atoms with van der Waals surface area (Å²) in [6, 6.07) is 5.95. The Morgan fingerprint density at radius 3 is 3.00 bits per heavy atom. The van der Waals surface area contributed by atoms with Crippen molar-refractivity contribution < 1.29 is 4.79 Å². The lowest BCUT2D eigenvalue weighted by Crippen LogP contribution is -2.45. The van der Waals surface area contributed by atoms with E-state index in [0.717, 1.165) is 42.8 Å². The number of carbonyl (C=O) groups excluding carboxylic acids is 1. The number of piperazine rings is 1. The highest BCUT2D eigenvalue weighted by Crippen LogP contribution is 2.12. The third kappa shape index (κ3) is 3.00. The normalized spacial score (nSPS) is 16.8. The summed E-state index contributed by atoms with van der Waals surface area (Å²) in [7, 11) is 0. The summed E-state index contributed by atoms with van der Waals surface area (Å²) < 4.78 is 0. The lowest BCUT2D eigenvalue weighted by molar-refractivity contribution is -0.119. The van der Waals surface area contributed by atoms with Crippen LogP contribution in [0.15, 0.2) is 24.5 Å². The van der Waals surface area contributed by atoms with Crippen LogP contribution in [-0.4, -0.2) is 53.4 Å². The number of nitrogens with one attached hydrogen (secondary N) is 2. The van der Waals surface area contributed by atoms with Crippen molar-refractivity contribution in [1.82, 2.24) is 20.2 Å². The van der Waals surface area contributed by atoms with Crippen molar-refractivity contribution in [1.29, 1.82) is 0 Å². The molecule has 100 valence electrons. The first-order valence-corrected chi connectivity index (χ1v) is 6.68. The summed E-state index contributed by atoms with van der Waals surface area (Å²) >= 11 is 0. The number of hydrogen-bond acceptors (Lipinski definition) is 4. The second-order valence-electron chi connectivity index (χ2n) is 5.00. The molecule has 1 saturated heterocycles. The van der Waals surface area contributed by atoms with Crippen LogP contribution in [0.25, 0.3) is 11.0 Å². The van der Waals surface area contributed by atoms with Crippen molar-refractivity contribution in [2.45, 2.75) is 6.42 Å². The molecule has 2 N–H and O–H groups in total. The maximum absolute atomic E-state index is 12.1. The number of nitrogens with zero attached hydrogens (tertiary/aromatic N) is 2. The lowest BCUT2D eigenvalue weighted by Gasteiger charge is -2.26. The summed E-state index contributed by atoms with van der Waals surface area (Å²) in [5.41, 5.74) is 2.99. The molecule has 5 nitrogen and oxygen atoms in total. The van der Waals surface area contributed by atoms with Gasteiger partial charge in [0.1, 0.15) is 0 Å². The molecule has 1 aliphatic heterocycles. The van der Waals surface area contributed by atoms with E-state index in [1.54, 1.807) is 6.33 Å². The topological polar surface area (TPSA) is 61.0 Å². The average molecular weight is 258 g/mol. The van der Waals surface area contributed by atoms with E-state index >= 15 is 0 Å². The molecule has 2 aromatic rings. The molecule has 0 bridgehead atoms. The zero-order valence-electron chi connectivity index (χ0n) is 10.9. The summed E-state index contributed by atoms with van der Waals surface area (Å²) in [6.45, 7) is 4.44. The van der Waals surface area contributed by atoms with Crippen molar-refractivity contribution in [2.75, 3.05) is 32.7 Å². The standard InChI is InChI=1S/C14H18N4O/c19-12(9-18-5-3-15-4-6-18)7-11-1-2-13-14(8-11)17-10-16-13/h1-2,8,10,15H,3-7,9H2,(H,16,17). The monoisotopic (exact) mass is 258 g/mol. The Hall–Kier alpha value is -1.72. The molecule has 0 unspecified atom stereocenters. The van der Waals surface area contributed by atoms with E-state index in [1.807, 2.05) is 18.2 Å². The molecule has 3 rings (SSSR count). The highest BCUT2D eigenvalue weighted by Gasteiger charge is 2.13. The third-order valence-electron chi connectivity index (χ3n) is 3.50. The number of aromatic amines is 1. The van der Waals surface area contributed by atoms with Gasteiger partial charge in [-0.2, -0.15) is 0 Å². The molecule has 0 amide bonds. The minimum Gasteiger partial charge on any atom is -0.345 e. The molecule has 5 heteroatoms. The van der Waals surface area contributed by atoms with Crippen LogP contribution in [-0.2, 0) is 11.2 Å². The quantitative estimate of drug-likeness (QED) is 0.842. The number of H-pyrrole nitrogens is 1. The van der Waals surface area contributed by atoms with Gasteiger partial charge < -0.3 is 10.3 Å². The fraction of sp³-hybridized carbons (Fsp3) is 0.429. The van der Waals surface area contributed by atoms with Crippen molar-refractivity contribution in [2.24, 2.45) is 0 Å². The number of benzene rings is 1. The predicted octanol–water partition coefficient (Wildman–Crippen LogP) is 0.580. The van der Waals surface area contributed by atoms with E-state index < -0.39 is 0 Å². The van der Waals surface area contributed by atoms with Crippen LogP contribution in [0.5, 0.6) is 0 Å². The van der Waals surface area contributed by atoms with E-state index in [9.17, 15) is 4.79 Å². The van der Waals surface area contributed by atoms with Crippen LogP contribution in [0.3, 0.4) is 0 Å². The molecule has 1 aliphatic rings. The molecule has 1 fully saturated rings. The van der Waals surface area contributed by atoms with Crippen LogP contribution in [0.4, 0.5) is 0 Å². The van der Waals surface area contributed by atoms with Gasteiger partial charge in [-0.15, -0.1) is 0 Å². The molecule has 0 atom stereocenters. The number of Topliss-reactive ketones (excluding diaryl/α,β-unsaturated/α-hetero) is 1. The SMILES string of the molecule is O=C(Cc1ccc2nc[nH]c2c1)CN1CCNCC1. The molecule has 2 heterocycles. The fourth-order valence-electron chi connectivity index (χ4n) is 2.49. The van der Waals surface area contributed by atoms with Crippen LogP contribution < -0.4 is 5.32 Å². The van der Waals surface area contributed by atoms with Gasteiger partial charge in [-0.1, -0.05) is 6.07 Å². The maximum atomic E-state index is 12.1. The first kappa shape index (κ1) is 12.3. The molecule has 1 aromatic heterocycles. The number of carbonyl (C=O) groups is 1. The Balaban J connectivity index is 1.61. The van der Waals surface area contributed by atoms with Gasteiger partial charge in [-0.3, -0.25) is 9.69 Å². The molecule has 0 saturated carbocycles. The van der Waals surface area contributed by atoms with Crippen LogP contribution in [0.2, 0.25) is 0 Å². The summed E-state index contributed by atoms with van der Waals surface area (Å²) in [5.74, 6) is 0.278. The number of aromatic nitrogens is 2. The Bertz CT molecular complexity index is 572. The van der Waals surface area contributed by atoms with Crippen molar-refractivity contribution in [3.63, 3.8) is 0 Å². The second-order valence-corrected chi connectivity index (χ2v) is 5.00.